The Kier molecular flexibility index (Phi) is 7.01. The van der Waals surface area contributed by atoms with Crippen LogP contribution in [0.5, 0.6) is 0 Å². The molecular formula is C29H31N3O3S. The molecule has 0 radical (unpaired) electrons. The number of thioether (sulfide) groups is 1. The van der Waals surface area contributed by atoms with Gasteiger partial charge in [-0.25, -0.2) is 9.79 Å². The van der Waals surface area contributed by atoms with Crippen molar-refractivity contribution in [3.05, 3.63) is 87.5 Å². The van der Waals surface area contributed by atoms with E-state index in [0.29, 0.717) is 11.3 Å². The monoisotopic (exact) mass is 501 g/mol. The molecule has 3 aliphatic rings. The number of ether oxygens (including phenoxy) is 1. The third-order valence-electron chi connectivity index (χ3n) is 6.87. The van der Waals surface area contributed by atoms with Gasteiger partial charge in [-0.3, -0.25) is 4.79 Å². The Morgan fingerprint density at radius 3 is 2.56 bits per heavy atom. The second-order valence-corrected chi connectivity index (χ2v) is 10.2. The number of fused-ring (bicyclic) bond motifs is 1. The number of aliphatic imine (C=N–C) groups is 1. The number of esters is 1. The average Bonchev–Trinajstić information content (AvgIpc) is 3.56. The first kappa shape index (κ1) is 24.4. The normalized spacial score (nSPS) is 19.2. The molecule has 0 spiro atoms. The lowest BCUT2D eigenvalue weighted by atomic mass is 9.88. The van der Waals surface area contributed by atoms with Crippen LogP contribution in [0.25, 0.3) is 5.70 Å². The van der Waals surface area contributed by atoms with Gasteiger partial charge in [0, 0.05) is 24.4 Å². The molecule has 2 aromatic carbocycles. The molecule has 3 heterocycles. The summed E-state index contributed by atoms with van der Waals surface area (Å²) >= 11 is 1.51. The predicted octanol–water partition coefficient (Wildman–Crippen LogP) is 5.59. The molecule has 36 heavy (non-hydrogen) atoms. The smallest absolute Gasteiger partial charge is 0.338 e. The molecule has 1 atom stereocenters. The van der Waals surface area contributed by atoms with Gasteiger partial charge >= 0.3 is 5.97 Å². The first-order chi connectivity index (χ1) is 17.5. The van der Waals surface area contributed by atoms with Gasteiger partial charge in [-0.05, 0) is 50.1 Å². The van der Waals surface area contributed by atoms with Crippen molar-refractivity contribution in [2.24, 2.45) is 4.99 Å². The quantitative estimate of drug-likeness (QED) is 0.483. The molecule has 0 saturated carbocycles. The van der Waals surface area contributed by atoms with Crippen molar-refractivity contribution in [1.82, 2.24) is 9.80 Å². The third kappa shape index (κ3) is 4.60. The molecule has 6 nitrogen and oxygen atoms in total. The number of amidine groups is 1. The van der Waals surface area contributed by atoms with E-state index in [1.165, 1.54) is 11.8 Å². The van der Waals surface area contributed by atoms with Gasteiger partial charge in [0.15, 0.2) is 5.17 Å². The maximum Gasteiger partial charge on any atom is 0.338 e. The van der Waals surface area contributed by atoms with Crippen molar-refractivity contribution in [2.45, 2.75) is 46.1 Å². The highest BCUT2D eigenvalue weighted by Crippen LogP contribution is 2.48. The fourth-order valence-corrected chi connectivity index (χ4v) is 5.99. The van der Waals surface area contributed by atoms with E-state index in [0.717, 1.165) is 59.0 Å². The molecule has 1 fully saturated rings. The van der Waals surface area contributed by atoms with E-state index in [9.17, 15) is 9.59 Å². The molecule has 3 aliphatic heterocycles. The van der Waals surface area contributed by atoms with Crippen LogP contribution in [-0.4, -0.2) is 46.5 Å². The first-order valence-electron chi connectivity index (χ1n) is 12.5. The maximum absolute atomic E-state index is 13.6. The summed E-state index contributed by atoms with van der Waals surface area (Å²) in [6.07, 6.45) is 2.39. The maximum atomic E-state index is 13.6. The number of hydrogen-bond acceptors (Lipinski definition) is 6. The minimum absolute atomic E-state index is 0.121. The highest BCUT2D eigenvalue weighted by Gasteiger charge is 2.43. The van der Waals surface area contributed by atoms with Crippen LogP contribution in [-0.2, 0) is 14.3 Å². The lowest BCUT2D eigenvalue weighted by Gasteiger charge is -2.37. The van der Waals surface area contributed by atoms with Gasteiger partial charge in [0.25, 0.3) is 0 Å². The van der Waals surface area contributed by atoms with Crippen LogP contribution in [0.4, 0.5) is 0 Å². The van der Waals surface area contributed by atoms with Gasteiger partial charge in [0.1, 0.15) is 0 Å². The Bertz CT molecular complexity index is 1280. The van der Waals surface area contributed by atoms with E-state index in [1.54, 1.807) is 0 Å². The minimum atomic E-state index is -0.445. The van der Waals surface area contributed by atoms with Gasteiger partial charge in [-0.2, -0.15) is 0 Å². The average molecular weight is 502 g/mol. The van der Waals surface area contributed by atoms with E-state index < -0.39 is 6.04 Å². The molecule has 5 rings (SSSR count). The number of nitrogens with zero attached hydrogens (tertiary/aromatic N) is 3. The number of aryl methyl sites for hydroxylation is 2. The molecule has 1 saturated heterocycles. The Morgan fingerprint density at radius 2 is 1.83 bits per heavy atom. The number of carbonyl (C=O) groups is 2. The zero-order valence-electron chi connectivity index (χ0n) is 21.0. The molecule has 0 bridgehead atoms. The predicted molar refractivity (Wildman–Crippen MR) is 144 cm³/mol. The highest BCUT2D eigenvalue weighted by atomic mass is 32.2. The van der Waals surface area contributed by atoms with Crippen LogP contribution in [0, 0.1) is 13.8 Å². The lowest BCUT2D eigenvalue weighted by Crippen LogP contribution is -2.38. The minimum Gasteiger partial charge on any atom is -0.463 e. The molecule has 186 valence electrons. The third-order valence-corrected chi connectivity index (χ3v) is 7.76. The van der Waals surface area contributed by atoms with Gasteiger partial charge in [0.2, 0.25) is 5.91 Å². The lowest BCUT2D eigenvalue weighted by molar-refractivity contribution is -0.139. The number of carbonyl (C=O) groups excluding carboxylic acids is 2. The summed E-state index contributed by atoms with van der Waals surface area (Å²) in [6.45, 7) is 7.83. The van der Waals surface area contributed by atoms with E-state index in [1.807, 2.05) is 47.6 Å². The van der Waals surface area contributed by atoms with E-state index in [2.05, 4.69) is 36.9 Å². The van der Waals surface area contributed by atoms with Gasteiger partial charge in [-0.15, -0.1) is 0 Å². The van der Waals surface area contributed by atoms with Crippen LogP contribution in [0.15, 0.2) is 70.2 Å². The Labute approximate surface area is 216 Å². The van der Waals surface area contributed by atoms with Crippen LogP contribution in [0.2, 0.25) is 0 Å². The topological polar surface area (TPSA) is 62.2 Å². The van der Waals surface area contributed by atoms with Crippen molar-refractivity contribution in [3.8, 4) is 0 Å². The zero-order chi connectivity index (χ0) is 25.2. The standard InChI is InChI=1S/C29H31N3O3S/c1-4-35-28(34)25-26(21-10-6-5-7-11-21)30-29-32(27(25)23-16-19(2)12-13-20(23)3)22(18-36-29)17-24(33)31-14-8-9-15-31/h5-7,10-13,16,18,27H,4,8-9,14-15,17H2,1-3H3. The Hall–Kier alpha value is -3.32. The second-order valence-electron chi connectivity index (χ2n) is 9.37. The van der Waals surface area contributed by atoms with Gasteiger partial charge in [0.05, 0.1) is 30.3 Å². The molecular weight excluding hydrogens is 470 g/mol. The summed E-state index contributed by atoms with van der Waals surface area (Å²) in [7, 11) is 0. The van der Waals surface area contributed by atoms with Crippen LogP contribution in [0.3, 0.4) is 0 Å². The Balaban J connectivity index is 1.66. The summed E-state index contributed by atoms with van der Waals surface area (Å²) in [4.78, 5) is 35.8. The Morgan fingerprint density at radius 1 is 1.08 bits per heavy atom. The van der Waals surface area contributed by atoms with E-state index in [-0.39, 0.29) is 24.9 Å². The van der Waals surface area contributed by atoms with Gasteiger partial charge < -0.3 is 14.5 Å². The molecule has 2 aromatic rings. The first-order valence-corrected chi connectivity index (χ1v) is 13.4. The van der Waals surface area contributed by atoms with E-state index >= 15 is 0 Å². The molecule has 7 heteroatoms. The number of hydrogen-bond donors (Lipinski definition) is 0. The fraction of sp³-hybridized carbons (Fsp3) is 0.345. The van der Waals surface area contributed by atoms with E-state index in [4.69, 9.17) is 9.73 Å². The summed E-state index contributed by atoms with van der Waals surface area (Å²) in [5, 5.41) is 2.79. The molecule has 1 unspecified atom stereocenters. The summed E-state index contributed by atoms with van der Waals surface area (Å²) in [5.74, 6) is -0.261. The van der Waals surface area contributed by atoms with Crippen molar-refractivity contribution >= 4 is 34.5 Å². The molecule has 0 aromatic heterocycles. The number of rotatable bonds is 6. The number of likely N-dealkylation sites (tertiary alicyclic amines) is 1. The number of amides is 1. The highest BCUT2D eigenvalue weighted by molar-refractivity contribution is 8.16. The van der Waals surface area contributed by atoms with Crippen molar-refractivity contribution in [3.63, 3.8) is 0 Å². The van der Waals surface area contributed by atoms with Gasteiger partial charge in [-0.1, -0.05) is 65.9 Å². The fourth-order valence-electron chi connectivity index (χ4n) is 5.07. The molecule has 1 amide bonds. The SMILES string of the molecule is CCOC(=O)C1=C(c2ccccc2)N=C2SC=C(CC(=O)N3CCCC3)N2C1c1cc(C)ccc1C. The van der Waals surface area contributed by atoms with Crippen LogP contribution in [0.1, 0.15) is 54.5 Å². The zero-order valence-corrected chi connectivity index (χ0v) is 21.8. The van der Waals surface area contributed by atoms with Crippen molar-refractivity contribution in [1.29, 1.82) is 0 Å². The van der Waals surface area contributed by atoms with Crippen LogP contribution < -0.4 is 0 Å². The van der Waals surface area contributed by atoms with Crippen molar-refractivity contribution in [2.75, 3.05) is 19.7 Å². The van der Waals surface area contributed by atoms with Crippen molar-refractivity contribution < 1.29 is 14.3 Å². The summed E-state index contributed by atoms with van der Waals surface area (Å²) in [6, 6.07) is 15.6. The summed E-state index contributed by atoms with van der Waals surface area (Å²) < 4.78 is 5.61. The second kappa shape index (κ2) is 10.3. The molecule has 0 aliphatic carbocycles. The number of benzene rings is 2. The van der Waals surface area contributed by atoms with Crippen LogP contribution >= 0.6 is 11.8 Å². The summed E-state index contributed by atoms with van der Waals surface area (Å²) in [5.41, 5.74) is 6.06. The largest absolute Gasteiger partial charge is 0.463 e. The molecule has 0 N–H and O–H groups in total.